The summed E-state index contributed by atoms with van der Waals surface area (Å²) in [5, 5.41) is 0. The Kier molecular flexibility index (Phi) is 3.89. The van der Waals surface area contributed by atoms with Gasteiger partial charge >= 0.3 is 0 Å². The van der Waals surface area contributed by atoms with E-state index in [0.29, 0.717) is 5.56 Å². The second kappa shape index (κ2) is 5.60. The number of hydrogen-bond acceptors (Lipinski definition) is 2. The average Bonchev–Trinajstić information content (AvgIpc) is 2.39. The van der Waals surface area contributed by atoms with Gasteiger partial charge in [0.25, 0.3) is 0 Å². The van der Waals surface area contributed by atoms with Crippen LogP contribution in [0.1, 0.15) is 11.7 Å². The van der Waals surface area contributed by atoms with E-state index in [1.165, 1.54) is 18.2 Å². The van der Waals surface area contributed by atoms with Crippen molar-refractivity contribution in [3.8, 4) is 5.75 Å². The molecule has 1 atom stereocenters. The van der Waals surface area contributed by atoms with E-state index in [1.807, 2.05) is 0 Å². The molecule has 2 aromatic rings. The molecule has 0 heterocycles. The van der Waals surface area contributed by atoms with Gasteiger partial charge in [0, 0.05) is 12.1 Å². The molecule has 0 aliphatic carbocycles. The Hall–Kier alpha value is -1.94. The summed E-state index contributed by atoms with van der Waals surface area (Å²) in [6.45, 7) is 0.0647. The number of rotatable bonds is 4. The van der Waals surface area contributed by atoms with E-state index in [-0.39, 0.29) is 12.3 Å². The fourth-order valence-corrected chi connectivity index (χ4v) is 1.67. The van der Waals surface area contributed by atoms with Crippen LogP contribution in [0.5, 0.6) is 5.75 Å². The van der Waals surface area contributed by atoms with Crippen molar-refractivity contribution in [1.82, 2.24) is 0 Å². The van der Waals surface area contributed by atoms with Gasteiger partial charge < -0.3 is 10.5 Å². The van der Waals surface area contributed by atoms with Gasteiger partial charge in [-0.3, -0.25) is 0 Å². The van der Waals surface area contributed by atoms with Gasteiger partial charge in [-0.05, 0) is 18.2 Å². The molecule has 2 aromatic carbocycles. The van der Waals surface area contributed by atoms with E-state index >= 15 is 0 Å². The Morgan fingerprint density at radius 2 is 1.56 bits per heavy atom. The van der Waals surface area contributed by atoms with Gasteiger partial charge in [-0.15, -0.1) is 0 Å². The van der Waals surface area contributed by atoms with E-state index in [4.69, 9.17) is 10.5 Å². The summed E-state index contributed by atoms with van der Waals surface area (Å²) in [6.07, 6.45) is -0.705. The number of benzene rings is 2. The van der Waals surface area contributed by atoms with Crippen molar-refractivity contribution < 1.29 is 13.5 Å². The first-order chi connectivity index (χ1) is 8.72. The molecule has 18 heavy (non-hydrogen) atoms. The summed E-state index contributed by atoms with van der Waals surface area (Å²) in [5.74, 6) is -0.840. The van der Waals surface area contributed by atoms with Gasteiger partial charge in [-0.1, -0.05) is 30.3 Å². The largest absolute Gasteiger partial charge is 0.481 e. The second-order valence-corrected chi connectivity index (χ2v) is 3.79. The highest BCUT2D eigenvalue weighted by molar-refractivity contribution is 5.27. The molecule has 0 bridgehead atoms. The summed E-state index contributed by atoms with van der Waals surface area (Å²) >= 11 is 0. The molecule has 0 saturated carbocycles. The van der Waals surface area contributed by atoms with Crippen molar-refractivity contribution in [1.29, 1.82) is 0 Å². The molecule has 4 heteroatoms. The van der Waals surface area contributed by atoms with E-state index in [2.05, 4.69) is 0 Å². The monoisotopic (exact) mass is 249 g/mol. The van der Waals surface area contributed by atoms with Gasteiger partial charge in [0.15, 0.2) is 11.6 Å². The van der Waals surface area contributed by atoms with Gasteiger partial charge in [0.1, 0.15) is 11.9 Å². The van der Waals surface area contributed by atoms with Crippen LogP contribution in [0.3, 0.4) is 0 Å². The molecule has 0 aliphatic rings. The highest BCUT2D eigenvalue weighted by Gasteiger charge is 2.17. The Morgan fingerprint density at radius 3 is 2.17 bits per heavy atom. The Labute approximate surface area is 104 Å². The molecule has 94 valence electrons. The lowest BCUT2D eigenvalue weighted by Crippen LogP contribution is -2.20. The Bertz CT molecular complexity index is 531. The van der Waals surface area contributed by atoms with Crippen LogP contribution in [0.15, 0.2) is 48.5 Å². The van der Waals surface area contributed by atoms with Crippen LogP contribution in [-0.2, 0) is 0 Å². The third-order valence-electron chi connectivity index (χ3n) is 2.57. The van der Waals surface area contributed by atoms with Crippen LogP contribution in [0.4, 0.5) is 8.78 Å². The summed E-state index contributed by atoms with van der Waals surface area (Å²) < 4.78 is 32.5. The van der Waals surface area contributed by atoms with Crippen molar-refractivity contribution in [2.45, 2.75) is 6.10 Å². The van der Waals surface area contributed by atoms with Crippen molar-refractivity contribution in [3.63, 3.8) is 0 Å². The highest BCUT2D eigenvalue weighted by Crippen LogP contribution is 2.25. The molecule has 0 radical (unpaired) electrons. The molecular weight excluding hydrogens is 236 g/mol. The maximum Gasteiger partial charge on any atom is 0.165 e. The van der Waals surface area contributed by atoms with Crippen LogP contribution in [0, 0.1) is 11.6 Å². The zero-order chi connectivity index (χ0) is 13.0. The summed E-state index contributed by atoms with van der Waals surface area (Å²) in [4.78, 5) is 0. The minimum Gasteiger partial charge on any atom is -0.481 e. The molecule has 0 saturated heterocycles. The lowest BCUT2D eigenvalue weighted by molar-refractivity contribution is 0.199. The summed E-state index contributed by atoms with van der Waals surface area (Å²) in [5.41, 5.74) is 5.88. The first-order valence-corrected chi connectivity index (χ1v) is 5.58. The Balaban J connectivity index is 2.26. The molecule has 2 nitrogen and oxygen atoms in total. The summed E-state index contributed by atoms with van der Waals surface area (Å²) in [6, 6.07) is 12.1. The molecule has 0 aromatic heterocycles. The standard InChI is InChI=1S/C14H13F2NO/c15-11-6-2-1-5-10(11)14(9-17)18-13-8-4-3-7-12(13)16/h1-8,14H,9,17H2. The fourth-order valence-electron chi connectivity index (χ4n) is 1.67. The number of nitrogens with two attached hydrogens (primary N) is 1. The van der Waals surface area contributed by atoms with Gasteiger partial charge in [0.2, 0.25) is 0 Å². The molecule has 2 N–H and O–H groups in total. The number of ether oxygens (including phenoxy) is 1. The number of halogens is 2. The van der Waals surface area contributed by atoms with Crippen molar-refractivity contribution in [2.75, 3.05) is 6.54 Å². The first kappa shape index (κ1) is 12.5. The topological polar surface area (TPSA) is 35.2 Å². The smallest absolute Gasteiger partial charge is 0.165 e. The number of hydrogen-bond donors (Lipinski definition) is 1. The third kappa shape index (κ3) is 2.65. The molecule has 1 unspecified atom stereocenters. The maximum atomic E-state index is 13.6. The normalized spacial score (nSPS) is 12.2. The lowest BCUT2D eigenvalue weighted by Gasteiger charge is -2.18. The molecule has 0 fully saturated rings. The van der Waals surface area contributed by atoms with Crippen LogP contribution in [0.2, 0.25) is 0 Å². The molecule has 0 spiro atoms. The van der Waals surface area contributed by atoms with Crippen LogP contribution < -0.4 is 10.5 Å². The van der Waals surface area contributed by atoms with Gasteiger partial charge in [-0.2, -0.15) is 0 Å². The molecule has 2 rings (SSSR count). The third-order valence-corrected chi connectivity index (χ3v) is 2.57. The quantitative estimate of drug-likeness (QED) is 0.903. The van der Waals surface area contributed by atoms with E-state index in [9.17, 15) is 8.78 Å². The summed E-state index contributed by atoms with van der Waals surface area (Å²) in [7, 11) is 0. The highest BCUT2D eigenvalue weighted by atomic mass is 19.1. The fraction of sp³-hybridized carbons (Fsp3) is 0.143. The average molecular weight is 249 g/mol. The van der Waals surface area contributed by atoms with E-state index in [1.54, 1.807) is 30.3 Å². The van der Waals surface area contributed by atoms with Crippen LogP contribution in [0.25, 0.3) is 0 Å². The van der Waals surface area contributed by atoms with Crippen molar-refractivity contribution >= 4 is 0 Å². The minimum atomic E-state index is -0.705. The van der Waals surface area contributed by atoms with Crippen LogP contribution >= 0.6 is 0 Å². The number of para-hydroxylation sites is 1. The molecule has 0 amide bonds. The maximum absolute atomic E-state index is 13.6. The molecular formula is C14H13F2NO. The second-order valence-electron chi connectivity index (χ2n) is 3.79. The zero-order valence-electron chi connectivity index (χ0n) is 9.64. The predicted molar refractivity (Wildman–Crippen MR) is 65.2 cm³/mol. The van der Waals surface area contributed by atoms with Crippen molar-refractivity contribution in [3.05, 3.63) is 65.7 Å². The minimum absolute atomic E-state index is 0.0647. The lowest BCUT2D eigenvalue weighted by atomic mass is 10.1. The van der Waals surface area contributed by atoms with Gasteiger partial charge in [0.05, 0.1) is 0 Å². The Morgan fingerprint density at radius 1 is 0.944 bits per heavy atom. The van der Waals surface area contributed by atoms with Crippen LogP contribution in [-0.4, -0.2) is 6.54 Å². The zero-order valence-corrected chi connectivity index (χ0v) is 9.64. The predicted octanol–water partition coefficient (Wildman–Crippen LogP) is 3.04. The van der Waals surface area contributed by atoms with Gasteiger partial charge in [-0.25, -0.2) is 8.78 Å². The van der Waals surface area contributed by atoms with E-state index < -0.39 is 17.7 Å². The van der Waals surface area contributed by atoms with Crippen molar-refractivity contribution in [2.24, 2.45) is 5.73 Å². The first-order valence-electron chi connectivity index (χ1n) is 5.58. The SMILES string of the molecule is NCC(Oc1ccccc1F)c1ccccc1F. The molecule has 0 aliphatic heterocycles. The van der Waals surface area contributed by atoms with E-state index in [0.717, 1.165) is 0 Å².